The highest BCUT2D eigenvalue weighted by Gasteiger charge is 2.14. The summed E-state index contributed by atoms with van der Waals surface area (Å²) in [5.74, 6) is -0.926. The average Bonchev–Trinajstić information content (AvgIpc) is 2.37. The van der Waals surface area contributed by atoms with Crippen LogP contribution in [0.1, 0.15) is 36.5 Å². The molecule has 5 heteroatoms. The highest BCUT2D eigenvalue weighted by atomic mass is 79.9. The number of amides is 1. The summed E-state index contributed by atoms with van der Waals surface area (Å²) in [6.07, 6.45) is 2.88. The van der Waals surface area contributed by atoms with E-state index in [0.29, 0.717) is 17.6 Å². The Morgan fingerprint density at radius 1 is 1.37 bits per heavy atom. The second kappa shape index (κ2) is 9.04. The fourth-order valence-corrected chi connectivity index (χ4v) is 2.05. The van der Waals surface area contributed by atoms with E-state index in [1.54, 1.807) is 12.1 Å². The van der Waals surface area contributed by atoms with Crippen LogP contribution in [0, 0.1) is 5.82 Å². The monoisotopic (exact) mass is 331 g/mol. The SMILES string of the molecule is CCCCOCCCNC(=O)c1c(F)cccc1Br. The molecule has 0 fully saturated rings. The lowest BCUT2D eigenvalue weighted by atomic mass is 10.2. The van der Waals surface area contributed by atoms with Crippen LogP contribution in [-0.2, 0) is 4.74 Å². The number of halogens is 2. The van der Waals surface area contributed by atoms with E-state index >= 15 is 0 Å². The van der Waals surface area contributed by atoms with E-state index in [1.807, 2.05) is 0 Å². The van der Waals surface area contributed by atoms with Gasteiger partial charge in [-0.15, -0.1) is 0 Å². The van der Waals surface area contributed by atoms with Crippen molar-refractivity contribution in [2.24, 2.45) is 0 Å². The third-order valence-corrected chi connectivity index (χ3v) is 3.24. The van der Waals surface area contributed by atoms with Crippen molar-refractivity contribution < 1.29 is 13.9 Å². The molecule has 0 saturated carbocycles. The Labute approximate surface area is 121 Å². The van der Waals surface area contributed by atoms with Gasteiger partial charge < -0.3 is 10.1 Å². The molecule has 1 aromatic carbocycles. The molecule has 3 nitrogen and oxygen atoms in total. The first-order valence-electron chi connectivity index (χ1n) is 6.46. The van der Waals surface area contributed by atoms with Crippen molar-refractivity contribution in [1.29, 1.82) is 0 Å². The highest BCUT2D eigenvalue weighted by molar-refractivity contribution is 9.10. The van der Waals surface area contributed by atoms with Gasteiger partial charge in [0.2, 0.25) is 0 Å². The van der Waals surface area contributed by atoms with Crippen LogP contribution in [0.15, 0.2) is 22.7 Å². The molecule has 0 unspecified atom stereocenters. The van der Waals surface area contributed by atoms with Crippen molar-refractivity contribution in [2.45, 2.75) is 26.2 Å². The normalized spacial score (nSPS) is 10.5. The number of rotatable bonds is 8. The van der Waals surface area contributed by atoms with E-state index < -0.39 is 11.7 Å². The van der Waals surface area contributed by atoms with Crippen LogP contribution in [0.4, 0.5) is 4.39 Å². The molecular weight excluding hydrogens is 313 g/mol. The van der Waals surface area contributed by atoms with Crippen LogP contribution in [0.3, 0.4) is 0 Å². The number of hydrogen-bond acceptors (Lipinski definition) is 2. The zero-order valence-electron chi connectivity index (χ0n) is 11.0. The quantitative estimate of drug-likeness (QED) is 0.740. The van der Waals surface area contributed by atoms with Gasteiger partial charge in [0.05, 0.1) is 5.56 Å². The van der Waals surface area contributed by atoms with Crippen LogP contribution in [0.5, 0.6) is 0 Å². The first-order chi connectivity index (χ1) is 9.16. The molecule has 19 heavy (non-hydrogen) atoms. The smallest absolute Gasteiger partial charge is 0.255 e. The summed E-state index contributed by atoms with van der Waals surface area (Å²) in [4.78, 5) is 11.8. The van der Waals surface area contributed by atoms with Gasteiger partial charge in [-0.05, 0) is 40.9 Å². The number of nitrogens with one attached hydrogen (secondary N) is 1. The molecule has 0 aliphatic rings. The Kier molecular flexibility index (Phi) is 7.67. The van der Waals surface area contributed by atoms with Gasteiger partial charge in [-0.3, -0.25) is 4.79 Å². The molecule has 0 aliphatic heterocycles. The number of unbranched alkanes of at least 4 members (excludes halogenated alkanes) is 1. The van der Waals surface area contributed by atoms with Crippen LogP contribution in [-0.4, -0.2) is 25.7 Å². The maximum atomic E-state index is 13.5. The first kappa shape index (κ1) is 16.1. The molecule has 0 aromatic heterocycles. The van der Waals surface area contributed by atoms with E-state index in [4.69, 9.17) is 4.74 Å². The minimum Gasteiger partial charge on any atom is -0.381 e. The fraction of sp³-hybridized carbons (Fsp3) is 0.500. The molecule has 0 saturated heterocycles. The summed E-state index contributed by atoms with van der Waals surface area (Å²) in [6, 6.07) is 4.47. The second-order valence-electron chi connectivity index (χ2n) is 4.17. The number of ether oxygens (including phenoxy) is 1. The lowest BCUT2D eigenvalue weighted by Gasteiger charge is -2.08. The maximum absolute atomic E-state index is 13.5. The van der Waals surface area contributed by atoms with Crippen molar-refractivity contribution >= 4 is 21.8 Å². The van der Waals surface area contributed by atoms with Crippen LogP contribution in [0.25, 0.3) is 0 Å². The Morgan fingerprint density at radius 3 is 2.79 bits per heavy atom. The zero-order valence-corrected chi connectivity index (χ0v) is 12.6. The Hall–Kier alpha value is -0.940. The van der Waals surface area contributed by atoms with E-state index in [-0.39, 0.29) is 5.56 Å². The van der Waals surface area contributed by atoms with Crippen molar-refractivity contribution in [1.82, 2.24) is 5.32 Å². The maximum Gasteiger partial charge on any atom is 0.255 e. The van der Waals surface area contributed by atoms with Gasteiger partial charge >= 0.3 is 0 Å². The molecule has 1 aromatic rings. The Bertz CT molecular complexity index is 392. The summed E-state index contributed by atoms with van der Waals surface area (Å²) in [5.41, 5.74) is 0.0504. The van der Waals surface area contributed by atoms with Crippen molar-refractivity contribution in [3.8, 4) is 0 Å². The van der Waals surface area contributed by atoms with Gasteiger partial charge in [0.15, 0.2) is 0 Å². The third kappa shape index (κ3) is 5.70. The third-order valence-electron chi connectivity index (χ3n) is 2.58. The van der Waals surface area contributed by atoms with Crippen molar-refractivity contribution in [3.63, 3.8) is 0 Å². The minimum absolute atomic E-state index is 0.0504. The number of benzene rings is 1. The largest absolute Gasteiger partial charge is 0.381 e. The molecule has 1 rings (SSSR count). The zero-order chi connectivity index (χ0) is 14.1. The number of carbonyl (C=O) groups excluding carboxylic acids is 1. The molecule has 1 N–H and O–H groups in total. The van der Waals surface area contributed by atoms with Gasteiger partial charge in [-0.1, -0.05) is 19.4 Å². The van der Waals surface area contributed by atoms with Gasteiger partial charge in [-0.25, -0.2) is 4.39 Å². The van der Waals surface area contributed by atoms with E-state index in [2.05, 4.69) is 28.2 Å². The lowest BCUT2D eigenvalue weighted by molar-refractivity contribution is 0.0935. The topological polar surface area (TPSA) is 38.3 Å². The fourth-order valence-electron chi connectivity index (χ4n) is 1.53. The van der Waals surface area contributed by atoms with Crippen molar-refractivity contribution in [3.05, 3.63) is 34.1 Å². The summed E-state index contributed by atoms with van der Waals surface area (Å²) < 4.78 is 19.3. The standard InChI is InChI=1S/C14H19BrFNO2/c1-2-3-9-19-10-5-8-17-14(18)13-11(15)6-4-7-12(13)16/h4,6-7H,2-3,5,8-10H2,1H3,(H,17,18). The molecule has 0 spiro atoms. The van der Waals surface area contributed by atoms with Gasteiger partial charge in [0.1, 0.15) is 5.82 Å². The predicted molar refractivity (Wildman–Crippen MR) is 76.8 cm³/mol. The summed E-state index contributed by atoms with van der Waals surface area (Å²) in [7, 11) is 0. The molecule has 1 amide bonds. The van der Waals surface area contributed by atoms with Crippen LogP contribution in [0.2, 0.25) is 0 Å². The van der Waals surface area contributed by atoms with E-state index in [0.717, 1.165) is 25.9 Å². The molecule has 0 aliphatic carbocycles. The summed E-state index contributed by atoms with van der Waals surface area (Å²) in [5, 5.41) is 2.68. The highest BCUT2D eigenvalue weighted by Crippen LogP contribution is 2.19. The van der Waals surface area contributed by atoms with Crippen LogP contribution < -0.4 is 5.32 Å². The average molecular weight is 332 g/mol. The molecule has 0 bridgehead atoms. The number of carbonyl (C=O) groups is 1. The van der Waals surface area contributed by atoms with Gasteiger partial charge in [-0.2, -0.15) is 0 Å². The lowest BCUT2D eigenvalue weighted by Crippen LogP contribution is -2.26. The van der Waals surface area contributed by atoms with Gasteiger partial charge in [0.25, 0.3) is 5.91 Å². The molecule has 0 heterocycles. The molecule has 106 valence electrons. The molecule has 0 radical (unpaired) electrons. The Morgan fingerprint density at radius 2 is 2.11 bits per heavy atom. The number of hydrogen-bond donors (Lipinski definition) is 1. The Balaban J connectivity index is 2.28. The summed E-state index contributed by atoms with van der Waals surface area (Å²) in [6.45, 7) is 3.95. The first-order valence-corrected chi connectivity index (χ1v) is 7.26. The second-order valence-corrected chi connectivity index (χ2v) is 5.03. The van der Waals surface area contributed by atoms with Gasteiger partial charge in [0, 0.05) is 24.2 Å². The summed E-state index contributed by atoms with van der Waals surface area (Å²) >= 11 is 3.17. The van der Waals surface area contributed by atoms with Crippen LogP contribution >= 0.6 is 15.9 Å². The van der Waals surface area contributed by atoms with E-state index in [9.17, 15) is 9.18 Å². The predicted octanol–water partition coefficient (Wildman–Crippen LogP) is 3.52. The molecule has 0 atom stereocenters. The minimum atomic E-state index is -0.522. The molecular formula is C14H19BrFNO2. The van der Waals surface area contributed by atoms with E-state index in [1.165, 1.54) is 6.07 Å². The van der Waals surface area contributed by atoms with Crippen molar-refractivity contribution in [2.75, 3.05) is 19.8 Å².